The summed E-state index contributed by atoms with van der Waals surface area (Å²) in [5.74, 6) is 0. The minimum atomic E-state index is 0.348. The predicted molar refractivity (Wildman–Crippen MR) is 65.2 cm³/mol. The first-order valence-electron chi connectivity index (χ1n) is 4.55. The minimum Gasteiger partial charge on any atom is -0.363 e. The molecule has 1 atom stereocenters. The van der Waals surface area contributed by atoms with E-state index in [1.807, 2.05) is 12.1 Å². The lowest BCUT2D eigenvalue weighted by Gasteiger charge is -2.26. The Morgan fingerprint density at radius 3 is 3.00 bits per heavy atom. The summed E-state index contributed by atoms with van der Waals surface area (Å²) in [7, 11) is 0. The summed E-state index contributed by atoms with van der Waals surface area (Å²) < 4.78 is 1.11. The Balaban J connectivity index is 2.17. The molecule has 1 fully saturated rings. The molecule has 1 saturated heterocycles. The minimum absolute atomic E-state index is 0.348. The molecule has 1 aliphatic heterocycles. The van der Waals surface area contributed by atoms with Crippen LogP contribution in [0.1, 0.15) is 18.0 Å². The molecular formula is C10H11BrN2S. The number of hydrogen-bond acceptors (Lipinski definition) is 1. The van der Waals surface area contributed by atoms with Gasteiger partial charge in [-0.25, -0.2) is 0 Å². The summed E-state index contributed by atoms with van der Waals surface area (Å²) in [6.45, 7) is 0.947. The largest absolute Gasteiger partial charge is 0.363 e. The lowest BCUT2D eigenvalue weighted by atomic mass is 10.0. The van der Waals surface area contributed by atoms with E-state index in [1.165, 1.54) is 5.56 Å². The van der Waals surface area contributed by atoms with Crippen LogP contribution < -0.4 is 10.6 Å². The molecule has 1 unspecified atom stereocenters. The highest BCUT2D eigenvalue weighted by Gasteiger charge is 2.16. The first-order chi connectivity index (χ1) is 6.75. The number of rotatable bonds is 1. The standard InChI is InChI=1S/C10H11BrN2S/c11-8-3-1-2-7(6-8)9-4-5-12-10(14)13-9/h1-3,6,9H,4-5H2,(H2,12,13,14). The van der Waals surface area contributed by atoms with Gasteiger partial charge in [-0.1, -0.05) is 28.1 Å². The third-order valence-corrected chi connectivity index (χ3v) is 3.03. The molecule has 0 spiro atoms. The monoisotopic (exact) mass is 270 g/mol. The smallest absolute Gasteiger partial charge is 0.166 e. The molecule has 2 N–H and O–H groups in total. The van der Waals surface area contributed by atoms with Gasteiger partial charge in [0.2, 0.25) is 0 Å². The fourth-order valence-corrected chi connectivity index (χ4v) is 2.25. The van der Waals surface area contributed by atoms with Gasteiger partial charge in [-0.2, -0.15) is 0 Å². The number of thiocarbonyl (C=S) groups is 1. The molecule has 0 aliphatic carbocycles. The van der Waals surface area contributed by atoms with Gasteiger partial charge in [0.15, 0.2) is 5.11 Å². The quantitative estimate of drug-likeness (QED) is 0.767. The van der Waals surface area contributed by atoms with Crippen LogP contribution in [0.2, 0.25) is 0 Å². The number of halogens is 1. The zero-order chi connectivity index (χ0) is 9.97. The highest BCUT2D eigenvalue weighted by molar-refractivity contribution is 9.10. The van der Waals surface area contributed by atoms with Gasteiger partial charge >= 0.3 is 0 Å². The highest BCUT2D eigenvalue weighted by Crippen LogP contribution is 2.21. The topological polar surface area (TPSA) is 24.1 Å². The van der Waals surface area contributed by atoms with Crippen LogP contribution in [0, 0.1) is 0 Å². The van der Waals surface area contributed by atoms with Gasteiger partial charge in [-0.05, 0) is 36.3 Å². The maximum absolute atomic E-state index is 5.08. The maximum atomic E-state index is 5.08. The Labute approximate surface area is 97.2 Å². The lowest BCUT2D eigenvalue weighted by molar-refractivity contribution is 0.537. The van der Waals surface area contributed by atoms with E-state index < -0.39 is 0 Å². The van der Waals surface area contributed by atoms with E-state index >= 15 is 0 Å². The van der Waals surface area contributed by atoms with Crippen molar-refractivity contribution < 1.29 is 0 Å². The van der Waals surface area contributed by atoms with Gasteiger partial charge in [0, 0.05) is 11.0 Å². The molecule has 1 aromatic carbocycles. The summed E-state index contributed by atoms with van der Waals surface area (Å²) in [6.07, 6.45) is 1.07. The van der Waals surface area contributed by atoms with Crippen LogP contribution in [-0.4, -0.2) is 11.7 Å². The van der Waals surface area contributed by atoms with E-state index in [0.29, 0.717) is 6.04 Å². The molecule has 0 bridgehead atoms. The second-order valence-corrected chi connectivity index (χ2v) is 4.62. The highest BCUT2D eigenvalue weighted by atomic mass is 79.9. The first kappa shape index (κ1) is 9.93. The van der Waals surface area contributed by atoms with Crippen molar-refractivity contribution in [2.75, 3.05) is 6.54 Å². The van der Waals surface area contributed by atoms with Crippen LogP contribution in [0.5, 0.6) is 0 Å². The Kier molecular flexibility index (Phi) is 3.03. The Morgan fingerprint density at radius 1 is 1.43 bits per heavy atom. The number of nitrogens with one attached hydrogen (secondary N) is 2. The van der Waals surface area contributed by atoms with Crippen LogP contribution >= 0.6 is 28.1 Å². The summed E-state index contributed by atoms with van der Waals surface area (Å²) >= 11 is 8.55. The third kappa shape index (κ3) is 2.25. The molecule has 0 radical (unpaired) electrons. The van der Waals surface area contributed by atoms with E-state index in [-0.39, 0.29) is 0 Å². The molecule has 0 amide bonds. The average Bonchev–Trinajstić information content (AvgIpc) is 2.18. The predicted octanol–water partition coefficient (Wildman–Crippen LogP) is 2.36. The van der Waals surface area contributed by atoms with E-state index in [2.05, 4.69) is 38.7 Å². The average molecular weight is 271 g/mol. The van der Waals surface area contributed by atoms with Gasteiger partial charge < -0.3 is 10.6 Å². The van der Waals surface area contributed by atoms with Crippen molar-refractivity contribution >= 4 is 33.3 Å². The molecule has 74 valence electrons. The maximum Gasteiger partial charge on any atom is 0.166 e. The molecule has 1 heterocycles. The fraction of sp³-hybridized carbons (Fsp3) is 0.300. The SMILES string of the molecule is S=C1NCCC(c2cccc(Br)c2)N1. The van der Waals surface area contributed by atoms with Crippen LogP contribution in [-0.2, 0) is 0 Å². The van der Waals surface area contributed by atoms with Crippen LogP contribution in [0.3, 0.4) is 0 Å². The third-order valence-electron chi connectivity index (χ3n) is 2.27. The normalized spacial score (nSPS) is 21.2. The molecule has 0 aromatic heterocycles. The van der Waals surface area contributed by atoms with E-state index in [0.717, 1.165) is 22.6 Å². The van der Waals surface area contributed by atoms with Gasteiger partial charge in [-0.3, -0.25) is 0 Å². The van der Waals surface area contributed by atoms with Crippen molar-refractivity contribution in [1.29, 1.82) is 0 Å². The summed E-state index contributed by atoms with van der Waals surface area (Å²) in [4.78, 5) is 0. The Morgan fingerprint density at radius 2 is 2.29 bits per heavy atom. The van der Waals surface area contributed by atoms with E-state index in [4.69, 9.17) is 12.2 Å². The number of hydrogen-bond donors (Lipinski definition) is 2. The second kappa shape index (κ2) is 4.28. The molecular weight excluding hydrogens is 260 g/mol. The number of benzene rings is 1. The molecule has 0 saturated carbocycles. The van der Waals surface area contributed by atoms with Crippen molar-refractivity contribution in [3.05, 3.63) is 34.3 Å². The molecule has 14 heavy (non-hydrogen) atoms. The first-order valence-corrected chi connectivity index (χ1v) is 5.75. The van der Waals surface area contributed by atoms with Crippen molar-refractivity contribution in [3.63, 3.8) is 0 Å². The van der Waals surface area contributed by atoms with Gasteiger partial charge in [0.05, 0.1) is 6.04 Å². The van der Waals surface area contributed by atoms with Gasteiger partial charge in [-0.15, -0.1) is 0 Å². The second-order valence-electron chi connectivity index (χ2n) is 3.30. The Hall–Kier alpha value is -0.610. The van der Waals surface area contributed by atoms with Gasteiger partial charge in [0.1, 0.15) is 0 Å². The zero-order valence-electron chi connectivity index (χ0n) is 7.59. The van der Waals surface area contributed by atoms with Crippen molar-refractivity contribution in [2.24, 2.45) is 0 Å². The van der Waals surface area contributed by atoms with Crippen LogP contribution in [0.15, 0.2) is 28.7 Å². The molecule has 1 aliphatic rings. The summed E-state index contributed by atoms with van der Waals surface area (Å²) in [6, 6.07) is 8.68. The fourth-order valence-electron chi connectivity index (χ4n) is 1.58. The molecule has 4 heteroatoms. The van der Waals surface area contributed by atoms with E-state index in [1.54, 1.807) is 0 Å². The van der Waals surface area contributed by atoms with Crippen molar-refractivity contribution in [1.82, 2.24) is 10.6 Å². The molecule has 2 nitrogen and oxygen atoms in total. The van der Waals surface area contributed by atoms with Crippen molar-refractivity contribution in [3.8, 4) is 0 Å². The zero-order valence-corrected chi connectivity index (χ0v) is 9.99. The summed E-state index contributed by atoms with van der Waals surface area (Å²) in [5.41, 5.74) is 1.28. The lowest BCUT2D eigenvalue weighted by Crippen LogP contribution is -2.44. The summed E-state index contributed by atoms with van der Waals surface area (Å²) in [5, 5.41) is 7.12. The van der Waals surface area contributed by atoms with Gasteiger partial charge in [0.25, 0.3) is 0 Å². The van der Waals surface area contributed by atoms with E-state index in [9.17, 15) is 0 Å². The molecule has 2 rings (SSSR count). The van der Waals surface area contributed by atoms with Crippen LogP contribution in [0.25, 0.3) is 0 Å². The molecule has 1 aromatic rings. The van der Waals surface area contributed by atoms with Crippen molar-refractivity contribution in [2.45, 2.75) is 12.5 Å². The Bertz CT molecular complexity index is 354. The van der Waals surface area contributed by atoms with Crippen LogP contribution in [0.4, 0.5) is 0 Å².